The van der Waals surface area contributed by atoms with Crippen LogP contribution in [0.15, 0.2) is 60.7 Å². The predicted molar refractivity (Wildman–Crippen MR) is 129 cm³/mol. The standard InChI is InChI=1S/C26H24N2O4.CH4/c1-16-6-8-20(14-21(16)17-4-3-5-18(12-17)24(29)27-2)28-25(30)26(10-11-26)19-7-9-22-23(13-19)32-15-31-22;/h3-9,12-14H,10-11,15H2,1-2H3,(H,27,29)(H,28,30);1H4. The third-order valence-corrected chi connectivity index (χ3v) is 6.27. The van der Waals surface area contributed by atoms with Gasteiger partial charge in [0.1, 0.15) is 0 Å². The molecule has 0 spiro atoms. The van der Waals surface area contributed by atoms with Gasteiger partial charge >= 0.3 is 0 Å². The van der Waals surface area contributed by atoms with E-state index in [1.165, 1.54) is 0 Å². The van der Waals surface area contributed by atoms with Gasteiger partial charge in [-0.1, -0.05) is 31.7 Å². The molecule has 0 saturated heterocycles. The Bertz CT molecular complexity index is 1230. The molecule has 6 heteroatoms. The SMILES string of the molecule is C.CNC(=O)c1cccc(-c2cc(NC(=O)C3(c4ccc5c(c4)OCO5)CC3)ccc2C)c1. The van der Waals surface area contributed by atoms with Crippen molar-refractivity contribution in [3.63, 3.8) is 0 Å². The van der Waals surface area contributed by atoms with E-state index < -0.39 is 5.41 Å². The van der Waals surface area contributed by atoms with Crippen LogP contribution >= 0.6 is 0 Å². The van der Waals surface area contributed by atoms with Gasteiger partial charge in [0.15, 0.2) is 11.5 Å². The Morgan fingerprint density at radius 3 is 2.48 bits per heavy atom. The van der Waals surface area contributed by atoms with Gasteiger partial charge in [0.25, 0.3) is 5.91 Å². The molecule has 3 aromatic carbocycles. The summed E-state index contributed by atoms with van der Waals surface area (Å²) in [5, 5.41) is 5.76. The van der Waals surface area contributed by atoms with E-state index >= 15 is 0 Å². The zero-order chi connectivity index (χ0) is 22.3. The molecule has 1 aliphatic heterocycles. The largest absolute Gasteiger partial charge is 0.454 e. The van der Waals surface area contributed by atoms with Crippen LogP contribution in [0.25, 0.3) is 11.1 Å². The summed E-state index contributed by atoms with van der Waals surface area (Å²) >= 11 is 0. The van der Waals surface area contributed by atoms with Gasteiger partial charge in [0.2, 0.25) is 12.7 Å². The van der Waals surface area contributed by atoms with Crippen molar-refractivity contribution < 1.29 is 19.1 Å². The third-order valence-electron chi connectivity index (χ3n) is 6.27. The first-order valence-corrected chi connectivity index (χ1v) is 10.6. The van der Waals surface area contributed by atoms with Crippen LogP contribution < -0.4 is 20.1 Å². The smallest absolute Gasteiger partial charge is 0.251 e. The molecule has 1 fully saturated rings. The maximum absolute atomic E-state index is 13.3. The monoisotopic (exact) mass is 444 g/mol. The molecule has 1 heterocycles. The Hall–Kier alpha value is -3.80. The Morgan fingerprint density at radius 1 is 0.939 bits per heavy atom. The number of anilines is 1. The topological polar surface area (TPSA) is 76.7 Å². The minimum absolute atomic E-state index is 0. The molecule has 0 bridgehead atoms. The number of rotatable bonds is 5. The molecular formula is C27H28N2O4. The minimum Gasteiger partial charge on any atom is -0.454 e. The zero-order valence-electron chi connectivity index (χ0n) is 18.0. The van der Waals surface area contributed by atoms with Crippen molar-refractivity contribution in [2.24, 2.45) is 0 Å². The molecule has 2 amide bonds. The molecule has 1 aliphatic carbocycles. The van der Waals surface area contributed by atoms with Crippen LogP contribution in [-0.2, 0) is 10.2 Å². The number of amides is 2. The van der Waals surface area contributed by atoms with Gasteiger partial charge in [0, 0.05) is 18.3 Å². The molecule has 0 unspecified atom stereocenters. The van der Waals surface area contributed by atoms with Crippen molar-refractivity contribution in [1.29, 1.82) is 0 Å². The maximum Gasteiger partial charge on any atom is 0.251 e. The van der Waals surface area contributed by atoms with E-state index in [0.29, 0.717) is 17.1 Å². The van der Waals surface area contributed by atoms with Gasteiger partial charge in [-0.3, -0.25) is 9.59 Å². The highest BCUT2D eigenvalue weighted by Gasteiger charge is 2.51. The molecule has 5 rings (SSSR count). The van der Waals surface area contributed by atoms with Crippen molar-refractivity contribution in [2.75, 3.05) is 19.2 Å². The Kier molecular flexibility index (Phi) is 5.85. The van der Waals surface area contributed by atoms with Crippen LogP contribution in [0.3, 0.4) is 0 Å². The first-order valence-electron chi connectivity index (χ1n) is 10.6. The van der Waals surface area contributed by atoms with E-state index in [-0.39, 0.29) is 26.0 Å². The van der Waals surface area contributed by atoms with Crippen LogP contribution in [-0.4, -0.2) is 25.7 Å². The number of aryl methyl sites for hydroxylation is 1. The van der Waals surface area contributed by atoms with Crippen molar-refractivity contribution in [2.45, 2.75) is 32.6 Å². The average molecular weight is 445 g/mol. The first kappa shape index (κ1) is 22.4. The number of hydrogen-bond donors (Lipinski definition) is 2. The van der Waals surface area contributed by atoms with Gasteiger partial charge < -0.3 is 20.1 Å². The van der Waals surface area contributed by atoms with Gasteiger partial charge in [-0.2, -0.15) is 0 Å². The van der Waals surface area contributed by atoms with Gasteiger partial charge in [0.05, 0.1) is 5.41 Å². The second-order valence-corrected chi connectivity index (χ2v) is 8.29. The molecule has 170 valence electrons. The fraction of sp³-hybridized carbons (Fsp3) is 0.259. The fourth-order valence-electron chi connectivity index (χ4n) is 4.20. The van der Waals surface area contributed by atoms with Crippen molar-refractivity contribution in [3.8, 4) is 22.6 Å². The zero-order valence-corrected chi connectivity index (χ0v) is 18.0. The molecule has 0 radical (unpaired) electrons. The van der Waals surface area contributed by atoms with Crippen molar-refractivity contribution in [3.05, 3.63) is 77.4 Å². The van der Waals surface area contributed by atoms with Crippen LogP contribution in [0.4, 0.5) is 5.69 Å². The molecule has 3 aromatic rings. The van der Waals surface area contributed by atoms with Crippen LogP contribution in [0, 0.1) is 6.92 Å². The summed E-state index contributed by atoms with van der Waals surface area (Å²) in [6.07, 6.45) is 1.59. The predicted octanol–water partition coefficient (Wildman–Crippen LogP) is 5.06. The van der Waals surface area contributed by atoms with Gasteiger partial charge in [-0.15, -0.1) is 0 Å². The van der Waals surface area contributed by atoms with Crippen LogP contribution in [0.5, 0.6) is 11.5 Å². The molecule has 2 N–H and O–H groups in total. The first-order chi connectivity index (χ1) is 15.5. The lowest BCUT2D eigenvalue weighted by Gasteiger charge is -2.17. The molecule has 2 aliphatic rings. The molecular weight excluding hydrogens is 416 g/mol. The number of carbonyl (C=O) groups is 2. The fourth-order valence-corrected chi connectivity index (χ4v) is 4.20. The summed E-state index contributed by atoms with van der Waals surface area (Å²) in [7, 11) is 1.62. The Labute approximate surface area is 193 Å². The molecule has 0 atom stereocenters. The second kappa shape index (κ2) is 8.62. The van der Waals surface area contributed by atoms with E-state index in [1.807, 2.05) is 61.5 Å². The number of carbonyl (C=O) groups excluding carboxylic acids is 2. The maximum atomic E-state index is 13.3. The molecule has 0 aromatic heterocycles. The van der Waals surface area contributed by atoms with E-state index in [9.17, 15) is 9.59 Å². The number of ether oxygens (including phenoxy) is 2. The summed E-state index contributed by atoms with van der Waals surface area (Å²) in [4.78, 5) is 25.3. The summed E-state index contributed by atoms with van der Waals surface area (Å²) in [6.45, 7) is 2.23. The summed E-state index contributed by atoms with van der Waals surface area (Å²) in [6, 6.07) is 19.1. The Balaban J connectivity index is 0.00000259. The van der Waals surface area contributed by atoms with Crippen LogP contribution in [0.2, 0.25) is 0 Å². The number of nitrogens with one attached hydrogen (secondary N) is 2. The van der Waals surface area contributed by atoms with Crippen molar-refractivity contribution >= 4 is 17.5 Å². The summed E-state index contributed by atoms with van der Waals surface area (Å²) < 4.78 is 10.9. The van der Waals surface area contributed by atoms with Crippen molar-refractivity contribution in [1.82, 2.24) is 5.32 Å². The molecule has 1 saturated carbocycles. The number of hydrogen-bond acceptors (Lipinski definition) is 4. The van der Waals surface area contributed by atoms with Gasteiger partial charge in [-0.05, 0) is 78.4 Å². The lowest BCUT2D eigenvalue weighted by atomic mass is 9.94. The summed E-state index contributed by atoms with van der Waals surface area (Å²) in [5.41, 5.74) is 4.70. The lowest BCUT2D eigenvalue weighted by molar-refractivity contribution is -0.118. The summed E-state index contributed by atoms with van der Waals surface area (Å²) in [5.74, 6) is 1.25. The van der Waals surface area contributed by atoms with E-state index in [2.05, 4.69) is 10.6 Å². The highest BCUT2D eigenvalue weighted by atomic mass is 16.7. The lowest BCUT2D eigenvalue weighted by Crippen LogP contribution is -2.27. The third kappa shape index (κ3) is 4.04. The number of fused-ring (bicyclic) bond motifs is 1. The second-order valence-electron chi connectivity index (χ2n) is 8.29. The average Bonchev–Trinajstić information content (AvgIpc) is 3.50. The van der Waals surface area contributed by atoms with E-state index in [4.69, 9.17) is 9.47 Å². The highest BCUT2D eigenvalue weighted by molar-refractivity contribution is 6.02. The minimum atomic E-state index is -0.537. The van der Waals surface area contributed by atoms with Gasteiger partial charge in [-0.25, -0.2) is 0 Å². The molecule has 6 nitrogen and oxygen atoms in total. The number of benzene rings is 3. The van der Waals surface area contributed by atoms with E-state index in [1.54, 1.807) is 13.1 Å². The van der Waals surface area contributed by atoms with Crippen LogP contribution in [0.1, 0.15) is 41.8 Å². The Morgan fingerprint density at radius 2 is 1.73 bits per heavy atom. The highest BCUT2D eigenvalue weighted by Crippen LogP contribution is 2.51. The molecule has 33 heavy (non-hydrogen) atoms. The quantitative estimate of drug-likeness (QED) is 0.577. The normalized spacial score (nSPS) is 14.7. The van der Waals surface area contributed by atoms with E-state index in [0.717, 1.165) is 40.8 Å².